The molecule has 0 fully saturated rings. The van der Waals surface area contributed by atoms with Crippen molar-refractivity contribution in [3.8, 4) is 0 Å². The Morgan fingerprint density at radius 3 is 2.24 bits per heavy atom. The van der Waals surface area contributed by atoms with Crippen LogP contribution in [-0.2, 0) is 13.0 Å². The lowest BCUT2D eigenvalue weighted by molar-refractivity contribution is -0.670. The lowest BCUT2D eigenvalue weighted by Crippen LogP contribution is -2.83. The van der Waals surface area contributed by atoms with Gasteiger partial charge in [0.1, 0.15) is 6.54 Å². The molecule has 0 aliphatic rings. The Kier molecular flexibility index (Phi) is 4.77. The van der Waals surface area contributed by atoms with Gasteiger partial charge < -0.3 is 5.32 Å². The van der Waals surface area contributed by atoms with E-state index >= 15 is 0 Å². The Balaban J connectivity index is 1.71. The summed E-state index contributed by atoms with van der Waals surface area (Å²) in [7, 11) is 0. The second kappa shape index (κ2) is 6.58. The summed E-state index contributed by atoms with van der Waals surface area (Å²) in [5, 5.41) is 2.36. The van der Waals surface area contributed by atoms with Crippen LogP contribution < -0.4 is 5.32 Å². The number of hydrogen-bond donors (Lipinski definition) is 1. The molecule has 0 aliphatic carbocycles. The Labute approximate surface area is 111 Å². The third-order valence-corrected chi connectivity index (χ3v) is 3.30. The number of rotatable bonds is 5. The zero-order valence-corrected chi connectivity index (χ0v) is 11.4. The summed E-state index contributed by atoms with van der Waals surface area (Å²) in [6.07, 6.45) is 1.14. The summed E-state index contributed by atoms with van der Waals surface area (Å²) in [6.45, 7) is 2.19. The molecule has 0 spiro atoms. The minimum absolute atomic E-state index is 1.06. The summed E-state index contributed by atoms with van der Waals surface area (Å²) in [5.74, 6) is 0. The monoisotopic (exact) mass is 290 g/mol. The Hall–Kier alpha value is -1.12. The number of halogens is 1. The smallest absolute Gasteiger partial charge is 0.101 e. The van der Waals surface area contributed by atoms with Crippen molar-refractivity contribution < 1.29 is 5.32 Å². The molecule has 17 heavy (non-hydrogen) atoms. The van der Waals surface area contributed by atoms with Gasteiger partial charge in [-0.05, 0) is 17.7 Å². The average Bonchev–Trinajstić information content (AvgIpc) is 2.38. The fraction of sp³-hybridized carbons (Fsp3) is 0.200. The quantitative estimate of drug-likeness (QED) is 0.816. The maximum Gasteiger partial charge on any atom is 0.101 e. The first kappa shape index (κ1) is 12.3. The Morgan fingerprint density at radius 2 is 1.53 bits per heavy atom. The highest BCUT2D eigenvalue weighted by Gasteiger charge is 1.96. The summed E-state index contributed by atoms with van der Waals surface area (Å²) in [6, 6.07) is 19.2. The van der Waals surface area contributed by atoms with Crippen molar-refractivity contribution in [2.45, 2.75) is 13.0 Å². The van der Waals surface area contributed by atoms with Gasteiger partial charge in [-0.15, -0.1) is 0 Å². The fourth-order valence-electron chi connectivity index (χ4n) is 1.80. The van der Waals surface area contributed by atoms with E-state index in [4.69, 9.17) is 0 Å². The number of nitrogens with two attached hydrogens (primary N) is 1. The lowest BCUT2D eigenvalue weighted by atomic mass is 10.1. The van der Waals surface area contributed by atoms with Crippen LogP contribution >= 0.6 is 15.9 Å². The fourth-order valence-corrected chi connectivity index (χ4v) is 2.07. The van der Waals surface area contributed by atoms with Gasteiger partial charge in [0.05, 0.1) is 6.54 Å². The van der Waals surface area contributed by atoms with Crippen LogP contribution in [0.3, 0.4) is 0 Å². The van der Waals surface area contributed by atoms with Gasteiger partial charge in [-0.25, -0.2) is 0 Å². The lowest BCUT2D eigenvalue weighted by Gasteiger charge is -2.02. The van der Waals surface area contributed by atoms with Crippen LogP contribution in [0.25, 0.3) is 0 Å². The van der Waals surface area contributed by atoms with Crippen LogP contribution in [0, 0.1) is 0 Å². The molecule has 2 rings (SSSR count). The molecule has 1 nitrogen and oxygen atoms in total. The van der Waals surface area contributed by atoms with E-state index in [-0.39, 0.29) is 0 Å². The van der Waals surface area contributed by atoms with Crippen molar-refractivity contribution in [1.29, 1.82) is 0 Å². The van der Waals surface area contributed by atoms with Gasteiger partial charge in [-0.1, -0.05) is 58.4 Å². The van der Waals surface area contributed by atoms with E-state index in [9.17, 15) is 0 Å². The maximum atomic E-state index is 3.45. The predicted molar refractivity (Wildman–Crippen MR) is 74.8 cm³/mol. The predicted octanol–water partition coefficient (Wildman–Crippen LogP) is 2.76. The van der Waals surface area contributed by atoms with E-state index < -0.39 is 0 Å². The van der Waals surface area contributed by atoms with Crippen molar-refractivity contribution in [1.82, 2.24) is 0 Å². The van der Waals surface area contributed by atoms with Crippen molar-refractivity contribution in [3.05, 3.63) is 70.2 Å². The van der Waals surface area contributed by atoms with E-state index in [1.54, 1.807) is 0 Å². The molecule has 2 aromatic carbocycles. The van der Waals surface area contributed by atoms with E-state index in [0.29, 0.717) is 0 Å². The van der Waals surface area contributed by atoms with E-state index in [0.717, 1.165) is 24.0 Å². The van der Waals surface area contributed by atoms with Crippen LogP contribution in [0.15, 0.2) is 59.1 Å². The highest BCUT2D eigenvalue weighted by atomic mass is 79.9. The third kappa shape index (κ3) is 4.33. The number of quaternary nitrogens is 1. The zero-order chi connectivity index (χ0) is 11.9. The molecule has 0 amide bonds. The summed E-state index contributed by atoms with van der Waals surface area (Å²) >= 11 is 3.45. The molecule has 0 unspecified atom stereocenters. The molecule has 2 heteroatoms. The zero-order valence-electron chi connectivity index (χ0n) is 9.77. The summed E-state index contributed by atoms with van der Waals surface area (Å²) < 4.78 is 1.14. The standard InChI is InChI=1S/C15H16BrN/c16-15-8-6-14(7-9-15)12-17-11-10-13-4-2-1-3-5-13/h1-9,17H,10-12H2/p+1. The maximum absolute atomic E-state index is 3.45. The van der Waals surface area contributed by atoms with Gasteiger partial charge in [0.25, 0.3) is 0 Å². The normalized spacial score (nSPS) is 10.4. The highest BCUT2D eigenvalue weighted by Crippen LogP contribution is 2.09. The Morgan fingerprint density at radius 1 is 0.824 bits per heavy atom. The first-order chi connectivity index (χ1) is 8.34. The van der Waals surface area contributed by atoms with Crippen molar-refractivity contribution in [3.63, 3.8) is 0 Å². The Bertz CT molecular complexity index is 436. The van der Waals surface area contributed by atoms with Gasteiger partial charge in [-0.3, -0.25) is 0 Å². The van der Waals surface area contributed by atoms with Crippen molar-refractivity contribution in [2.75, 3.05) is 6.54 Å². The van der Waals surface area contributed by atoms with Gasteiger partial charge in [0.2, 0.25) is 0 Å². The molecule has 0 atom stereocenters. The number of benzene rings is 2. The van der Waals surface area contributed by atoms with Crippen LogP contribution in [0.4, 0.5) is 0 Å². The third-order valence-electron chi connectivity index (χ3n) is 2.77. The van der Waals surface area contributed by atoms with Crippen LogP contribution in [-0.4, -0.2) is 6.54 Å². The molecule has 0 saturated heterocycles. The number of hydrogen-bond acceptors (Lipinski definition) is 0. The van der Waals surface area contributed by atoms with Gasteiger partial charge in [-0.2, -0.15) is 0 Å². The van der Waals surface area contributed by atoms with Crippen molar-refractivity contribution in [2.24, 2.45) is 0 Å². The SMILES string of the molecule is Brc1ccc(C[NH2+]CCc2ccccc2)cc1. The molecule has 2 N–H and O–H groups in total. The molecular weight excluding hydrogens is 274 g/mol. The minimum Gasteiger partial charge on any atom is -0.342 e. The van der Waals surface area contributed by atoms with E-state index in [1.807, 2.05) is 0 Å². The van der Waals surface area contributed by atoms with Crippen LogP contribution in [0.2, 0.25) is 0 Å². The topological polar surface area (TPSA) is 16.6 Å². The highest BCUT2D eigenvalue weighted by molar-refractivity contribution is 9.10. The second-order valence-corrected chi connectivity index (χ2v) is 5.06. The van der Waals surface area contributed by atoms with E-state index in [2.05, 4.69) is 75.8 Å². The molecule has 88 valence electrons. The molecule has 0 saturated carbocycles. The average molecular weight is 291 g/mol. The van der Waals surface area contributed by atoms with Gasteiger partial charge >= 0.3 is 0 Å². The van der Waals surface area contributed by atoms with Gasteiger partial charge in [0.15, 0.2) is 0 Å². The van der Waals surface area contributed by atoms with Crippen LogP contribution in [0.1, 0.15) is 11.1 Å². The molecule has 0 bridgehead atoms. The largest absolute Gasteiger partial charge is 0.342 e. The first-order valence-corrected chi connectivity index (χ1v) is 6.74. The molecule has 2 aromatic rings. The van der Waals surface area contributed by atoms with Crippen LogP contribution in [0.5, 0.6) is 0 Å². The molecule has 0 radical (unpaired) electrons. The summed E-state index contributed by atoms with van der Waals surface area (Å²) in [4.78, 5) is 0. The molecule has 0 heterocycles. The van der Waals surface area contributed by atoms with E-state index in [1.165, 1.54) is 11.1 Å². The molecule has 0 aliphatic heterocycles. The van der Waals surface area contributed by atoms with Crippen molar-refractivity contribution >= 4 is 15.9 Å². The first-order valence-electron chi connectivity index (χ1n) is 5.94. The molecular formula is C15H17BrN+. The minimum atomic E-state index is 1.06. The summed E-state index contributed by atoms with van der Waals surface area (Å²) in [5.41, 5.74) is 2.79. The molecule has 0 aromatic heterocycles. The second-order valence-electron chi connectivity index (χ2n) is 4.14. The van der Waals surface area contributed by atoms with Gasteiger partial charge in [0, 0.05) is 16.5 Å².